The lowest BCUT2D eigenvalue weighted by Gasteiger charge is -2.23. The van der Waals surface area contributed by atoms with E-state index >= 15 is 0 Å². The lowest BCUT2D eigenvalue weighted by Crippen LogP contribution is -2.40. The van der Waals surface area contributed by atoms with Gasteiger partial charge in [-0.25, -0.2) is 4.79 Å². The van der Waals surface area contributed by atoms with Gasteiger partial charge in [0.25, 0.3) is 0 Å². The number of likely N-dealkylation sites (tertiary alicyclic amines) is 1. The van der Waals surface area contributed by atoms with E-state index in [0.29, 0.717) is 28.7 Å². The van der Waals surface area contributed by atoms with Crippen LogP contribution in [0.25, 0.3) is 0 Å². The predicted molar refractivity (Wildman–Crippen MR) is 77.4 cm³/mol. The minimum absolute atomic E-state index is 0.340. The first kappa shape index (κ1) is 14.9. The number of urea groups is 1. The Bertz CT molecular complexity index is 550. The molecule has 0 saturated carbocycles. The van der Waals surface area contributed by atoms with Crippen molar-refractivity contribution in [2.75, 3.05) is 11.9 Å². The zero-order valence-electron chi connectivity index (χ0n) is 10.8. The predicted octanol–water partition coefficient (Wildman–Crippen LogP) is 3.32. The maximum absolute atomic E-state index is 12.2. The van der Waals surface area contributed by atoms with E-state index in [4.69, 9.17) is 28.3 Å². The number of benzene rings is 1. The highest BCUT2D eigenvalue weighted by molar-refractivity contribution is 6.36. The molecule has 1 fully saturated rings. The molecule has 1 aromatic carbocycles. The fraction of sp³-hybridized carbons (Fsp3) is 0.385. The Balaban J connectivity index is 2.07. The molecule has 1 saturated heterocycles. The zero-order chi connectivity index (χ0) is 14.9. The Morgan fingerprint density at radius 2 is 2.10 bits per heavy atom. The van der Waals surface area contributed by atoms with E-state index in [1.165, 1.54) is 11.0 Å². The molecule has 0 aliphatic carbocycles. The van der Waals surface area contributed by atoms with Crippen LogP contribution in [-0.2, 0) is 4.79 Å². The summed E-state index contributed by atoms with van der Waals surface area (Å²) in [6.45, 7) is 2.14. The van der Waals surface area contributed by atoms with Crippen molar-refractivity contribution in [3.8, 4) is 0 Å². The topological polar surface area (TPSA) is 69.6 Å². The standard InChI is InChI=1S/C13H14Cl2N2O3/c1-7-9(12(18)19)4-5-17(7)13(20)16-11-3-2-8(14)6-10(11)15/h2-3,6-7,9H,4-5H2,1H3,(H,16,20)(H,18,19). The van der Waals surface area contributed by atoms with Crippen LogP contribution in [0.4, 0.5) is 10.5 Å². The van der Waals surface area contributed by atoms with Crippen LogP contribution in [-0.4, -0.2) is 34.6 Å². The van der Waals surface area contributed by atoms with Crippen molar-refractivity contribution in [1.29, 1.82) is 0 Å². The van der Waals surface area contributed by atoms with Crippen molar-refractivity contribution in [3.63, 3.8) is 0 Å². The summed E-state index contributed by atoms with van der Waals surface area (Å²) in [5, 5.41) is 12.5. The highest BCUT2D eigenvalue weighted by Crippen LogP contribution is 2.28. The number of carboxylic acids is 1. The number of amides is 2. The number of hydrogen-bond donors (Lipinski definition) is 2. The van der Waals surface area contributed by atoms with Crippen molar-refractivity contribution in [2.45, 2.75) is 19.4 Å². The Kier molecular flexibility index (Phi) is 4.40. The summed E-state index contributed by atoms with van der Waals surface area (Å²) in [6.07, 6.45) is 0.457. The summed E-state index contributed by atoms with van der Waals surface area (Å²) in [7, 11) is 0. The van der Waals surface area contributed by atoms with E-state index in [9.17, 15) is 9.59 Å². The summed E-state index contributed by atoms with van der Waals surface area (Å²) in [5.74, 6) is -1.40. The molecule has 0 spiro atoms. The van der Waals surface area contributed by atoms with Gasteiger partial charge in [-0.15, -0.1) is 0 Å². The first-order chi connectivity index (χ1) is 9.40. The molecule has 2 unspecified atom stereocenters. The third-order valence-corrected chi connectivity index (χ3v) is 4.05. The number of carboxylic acid groups (broad SMARTS) is 1. The SMILES string of the molecule is CC1C(C(=O)O)CCN1C(=O)Nc1ccc(Cl)cc1Cl. The normalized spacial score (nSPS) is 21.9. The average Bonchev–Trinajstić information content (AvgIpc) is 2.74. The molecule has 1 aromatic rings. The van der Waals surface area contributed by atoms with Crippen LogP contribution < -0.4 is 5.32 Å². The van der Waals surface area contributed by atoms with E-state index in [1.54, 1.807) is 19.1 Å². The largest absolute Gasteiger partial charge is 0.481 e. The van der Waals surface area contributed by atoms with Gasteiger partial charge < -0.3 is 15.3 Å². The first-order valence-corrected chi connectivity index (χ1v) is 6.91. The second kappa shape index (κ2) is 5.89. The van der Waals surface area contributed by atoms with E-state index in [2.05, 4.69) is 5.32 Å². The number of rotatable bonds is 2. The van der Waals surface area contributed by atoms with E-state index < -0.39 is 11.9 Å². The van der Waals surface area contributed by atoms with Crippen molar-refractivity contribution in [1.82, 2.24) is 4.90 Å². The summed E-state index contributed by atoms with van der Waals surface area (Å²) in [6, 6.07) is 4.06. The van der Waals surface area contributed by atoms with E-state index in [0.717, 1.165) is 0 Å². The van der Waals surface area contributed by atoms with Crippen LogP contribution in [0.2, 0.25) is 10.0 Å². The molecular weight excluding hydrogens is 303 g/mol. The molecule has 0 aromatic heterocycles. The molecule has 2 N–H and O–H groups in total. The third-order valence-electron chi connectivity index (χ3n) is 3.51. The Hall–Kier alpha value is -1.46. The zero-order valence-corrected chi connectivity index (χ0v) is 12.3. The Morgan fingerprint density at radius 1 is 1.40 bits per heavy atom. The lowest BCUT2D eigenvalue weighted by atomic mass is 10.0. The summed E-state index contributed by atoms with van der Waals surface area (Å²) >= 11 is 11.8. The fourth-order valence-corrected chi connectivity index (χ4v) is 2.79. The summed E-state index contributed by atoms with van der Waals surface area (Å²) in [5.41, 5.74) is 0.451. The quantitative estimate of drug-likeness (QED) is 0.879. The molecule has 7 heteroatoms. The molecular formula is C13H14Cl2N2O3. The van der Waals surface area contributed by atoms with Gasteiger partial charge in [-0.05, 0) is 31.5 Å². The third kappa shape index (κ3) is 2.99. The van der Waals surface area contributed by atoms with E-state index in [1.807, 2.05) is 0 Å². The number of nitrogens with one attached hydrogen (secondary N) is 1. The highest BCUT2D eigenvalue weighted by Gasteiger charge is 2.38. The van der Waals surface area contributed by atoms with E-state index in [-0.39, 0.29) is 12.1 Å². The minimum atomic E-state index is -0.877. The van der Waals surface area contributed by atoms with Gasteiger partial charge in [0.15, 0.2) is 0 Å². The number of carbonyl (C=O) groups is 2. The smallest absolute Gasteiger partial charge is 0.322 e. The summed E-state index contributed by atoms with van der Waals surface area (Å²) in [4.78, 5) is 24.7. The van der Waals surface area contributed by atoms with Gasteiger partial charge in [-0.3, -0.25) is 4.79 Å². The maximum atomic E-state index is 12.2. The van der Waals surface area contributed by atoms with Gasteiger partial charge >= 0.3 is 12.0 Å². The van der Waals surface area contributed by atoms with Crippen molar-refractivity contribution < 1.29 is 14.7 Å². The number of aliphatic carboxylic acids is 1. The molecule has 0 bridgehead atoms. The van der Waals surface area contributed by atoms with Crippen LogP contribution in [0.1, 0.15) is 13.3 Å². The lowest BCUT2D eigenvalue weighted by molar-refractivity contribution is -0.142. The fourth-order valence-electron chi connectivity index (χ4n) is 2.33. The van der Waals surface area contributed by atoms with Gasteiger partial charge in [0.05, 0.1) is 16.6 Å². The van der Waals surface area contributed by atoms with Crippen LogP contribution in [0, 0.1) is 5.92 Å². The van der Waals surface area contributed by atoms with Crippen LogP contribution >= 0.6 is 23.2 Å². The molecule has 0 radical (unpaired) electrons. The second-order valence-electron chi connectivity index (χ2n) is 4.72. The minimum Gasteiger partial charge on any atom is -0.481 e. The maximum Gasteiger partial charge on any atom is 0.322 e. The molecule has 2 atom stereocenters. The van der Waals surface area contributed by atoms with Crippen molar-refractivity contribution in [2.24, 2.45) is 5.92 Å². The molecule has 2 rings (SSSR count). The van der Waals surface area contributed by atoms with Gasteiger partial charge in [0, 0.05) is 17.6 Å². The van der Waals surface area contributed by atoms with Crippen LogP contribution in [0.5, 0.6) is 0 Å². The highest BCUT2D eigenvalue weighted by atomic mass is 35.5. The Labute approximate surface area is 126 Å². The molecule has 5 nitrogen and oxygen atoms in total. The average molecular weight is 317 g/mol. The molecule has 1 aliphatic rings. The first-order valence-electron chi connectivity index (χ1n) is 6.15. The van der Waals surface area contributed by atoms with Gasteiger partial charge in [0.1, 0.15) is 0 Å². The molecule has 2 amide bonds. The number of anilines is 1. The van der Waals surface area contributed by atoms with Gasteiger partial charge in [-0.2, -0.15) is 0 Å². The van der Waals surface area contributed by atoms with Crippen LogP contribution in [0.3, 0.4) is 0 Å². The van der Waals surface area contributed by atoms with Crippen LogP contribution in [0.15, 0.2) is 18.2 Å². The number of nitrogens with zero attached hydrogens (tertiary/aromatic N) is 1. The molecule has 1 aliphatic heterocycles. The second-order valence-corrected chi connectivity index (χ2v) is 5.57. The molecule has 20 heavy (non-hydrogen) atoms. The molecule has 1 heterocycles. The van der Waals surface area contributed by atoms with Gasteiger partial charge in [0.2, 0.25) is 0 Å². The number of halogens is 2. The van der Waals surface area contributed by atoms with Gasteiger partial charge in [-0.1, -0.05) is 23.2 Å². The number of hydrogen-bond acceptors (Lipinski definition) is 2. The monoisotopic (exact) mass is 316 g/mol. The summed E-state index contributed by atoms with van der Waals surface area (Å²) < 4.78 is 0. The Morgan fingerprint density at radius 3 is 2.65 bits per heavy atom. The van der Waals surface area contributed by atoms with Crippen molar-refractivity contribution >= 4 is 40.9 Å². The van der Waals surface area contributed by atoms with Crippen molar-refractivity contribution in [3.05, 3.63) is 28.2 Å². The molecule has 108 valence electrons. The number of carbonyl (C=O) groups excluding carboxylic acids is 1.